The summed E-state index contributed by atoms with van der Waals surface area (Å²) < 4.78 is 36.5. The van der Waals surface area contributed by atoms with Crippen LogP contribution in [0.4, 0.5) is 0 Å². The first-order valence-electron chi connectivity index (χ1n) is 4.69. The molecule has 1 rings (SSSR count). The second kappa shape index (κ2) is 6.39. The molecule has 1 aromatic heterocycles. The molecule has 96 valence electrons. The number of sulfonamides is 1. The van der Waals surface area contributed by atoms with Crippen molar-refractivity contribution in [3.05, 3.63) is 17.7 Å². The molecule has 17 heavy (non-hydrogen) atoms. The Kier molecular flexibility index (Phi) is 5.44. The molecule has 1 heterocycles. The van der Waals surface area contributed by atoms with Crippen LogP contribution in [0.5, 0.6) is 0 Å². The van der Waals surface area contributed by atoms with Gasteiger partial charge in [-0.15, -0.1) is 0 Å². The third-order valence-electron chi connectivity index (χ3n) is 1.81. The average molecular weight is 298 g/mol. The van der Waals surface area contributed by atoms with Gasteiger partial charge in [-0.1, -0.05) is 0 Å². The molecule has 1 N–H and O–H groups in total. The minimum absolute atomic E-state index is 0.00895. The lowest BCUT2D eigenvalue weighted by molar-refractivity contribution is 0.579. The Labute approximate surface area is 107 Å². The quantitative estimate of drug-likeness (QED) is 0.597. The first-order chi connectivity index (χ1) is 7.92. The van der Waals surface area contributed by atoms with Gasteiger partial charge in [0.15, 0.2) is 0 Å². The first-order valence-corrected chi connectivity index (χ1v) is 8.28. The normalized spacial score (nSPS) is 13.5. The first kappa shape index (κ1) is 14.5. The van der Waals surface area contributed by atoms with E-state index in [1.165, 1.54) is 0 Å². The van der Waals surface area contributed by atoms with Crippen LogP contribution in [0.2, 0.25) is 5.28 Å². The highest BCUT2D eigenvalue weighted by atomic mass is 35.5. The second-order valence-electron chi connectivity index (χ2n) is 3.22. The van der Waals surface area contributed by atoms with Crippen molar-refractivity contribution in [2.24, 2.45) is 0 Å². The van der Waals surface area contributed by atoms with Crippen molar-refractivity contribution in [3.8, 4) is 0 Å². The van der Waals surface area contributed by atoms with Crippen LogP contribution in [0, 0.1) is 0 Å². The Hall–Kier alpha value is -0.570. The van der Waals surface area contributed by atoms with Crippen molar-refractivity contribution in [1.29, 1.82) is 0 Å². The minimum atomic E-state index is -3.61. The topological polar surface area (TPSA) is 89.0 Å². The Morgan fingerprint density at radius 1 is 1.41 bits per heavy atom. The number of hydrogen-bond donors (Lipinski definition) is 1. The number of halogens is 1. The molecule has 0 fully saturated rings. The van der Waals surface area contributed by atoms with Gasteiger partial charge in [0, 0.05) is 29.4 Å². The van der Waals surface area contributed by atoms with Gasteiger partial charge in [-0.05, 0) is 18.0 Å². The van der Waals surface area contributed by atoms with Crippen molar-refractivity contribution in [2.75, 3.05) is 18.6 Å². The van der Waals surface area contributed by atoms with E-state index in [1.54, 1.807) is 6.26 Å². The molecule has 0 radical (unpaired) electrons. The predicted molar refractivity (Wildman–Crippen MR) is 65.8 cm³/mol. The fourth-order valence-corrected chi connectivity index (χ4v) is 2.62. The van der Waals surface area contributed by atoms with E-state index in [2.05, 4.69) is 14.7 Å². The molecule has 0 aromatic carbocycles. The lowest BCUT2D eigenvalue weighted by atomic mass is 10.5. The van der Waals surface area contributed by atoms with E-state index in [0.29, 0.717) is 12.2 Å². The van der Waals surface area contributed by atoms with Crippen molar-refractivity contribution < 1.29 is 12.6 Å². The summed E-state index contributed by atoms with van der Waals surface area (Å²) in [6, 6.07) is 0. The maximum atomic E-state index is 11.7. The molecule has 0 aliphatic rings. The van der Waals surface area contributed by atoms with Gasteiger partial charge >= 0.3 is 0 Å². The maximum Gasteiger partial charge on any atom is 0.243 e. The third-order valence-corrected chi connectivity index (χ3v) is 4.28. The summed E-state index contributed by atoms with van der Waals surface area (Å²) >= 11 is 5.45. The van der Waals surface area contributed by atoms with Crippen LogP contribution in [0.3, 0.4) is 0 Å². The van der Waals surface area contributed by atoms with Crippen LogP contribution in [0.1, 0.15) is 6.42 Å². The van der Waals surface area contributed by atoms with Crippen molar-refractivity contribution in [1.82, 2.24) is 14.7 Å². The summed E-state index contributed by atoms with van der Waals surface area (Å²) in [5, 5.41) is -0.00895. The zero-order valence-electron chi connectivity index (χ0n) is 9.09. The van der Waals surface area contributed by atoms with Gasteiger partial charge in [0.25, 0.3) is 0 Å². The molecular weight excluding hydrogens is 286 g/mol. The second-order valence-corrected chi connectivity index (χ2v) is 6.88. The lowest BCUT2D eigenvalue weighted by Crippen LogP contribution is -2.26. The summed E-state index contributed by atoms with van der Waals surface area (Å²) in [6.07, 6.45) is 4.35. The Bertz CT molecular complexity index is 489. The molecule has 1 atom stereocenters. The highest BCUT2D eigenvalue weighted by Gasteiger charge is 2.14. The zero-order chi connectivity index (χ0) is 12.9. The van der Waals surface area contributed by atoms with Crippen molar-refractivity contribution in [2.45, 2.75) is 11.3 Å². The predicted octanol–water partition coefficient (Wildman–Crippen LogP) is 0.177. The monoisotopic (exact) mass is 297 g/mol. The van der Waals surface area contributed by atoms with Crippen LogP contribution in [-0.4, -0.2) is 41.1 Å². The number of nitrogens with one attached hydrogen (secondary N) is 1. The molecule has 0 aliphatic heterocycles. The van der Waals surface area contributed by atoms with Gasteiger partial charge in [-0.2, -0.15) is 0 Å². The molecule has 6 nitrogen and oxygen atoms in total. The van der Waals surface area contributed by atoms with E-state index in [9.17, 15) is 12.6 Å². The largest absolute Gasteiger partial charge is 0.260 e. The zero-order valence-corrected chi connectivity index (χ0v) is 11.5. The number of hydrogen-bond acceptors (Lipinski definition) is 5. The van der Waals surface area contributed by atoms with Crippen LogP contribution >= 0.6 is 11.6 Å². The van der Waals surface area contributed by atoms with E-state index in [1.807, 2.05) is 0 Å². The maximum absolute atomic E-state index is 11.7. The molecule has 0 spiro atoms. The molecule has 0 amide bonds. The molecule has 1 unspecified atom stereocenters. The van der Waals surface area contributed by atoms with Crippen molar-refractivity contribution in [3.63, 3.8) is 0 Å². The Balaban J connectivity index is 2.57. The number of nitrogens with zero attached hydrogens (tertiary/aromatic N) is 2. The van der Waals surface area contributed by atoms with Gasteiger partial charge in [-0.25, -0.2) is 23.1 Å². The van der Waals surface area contributed by atoms with Crippen LogP contribution in [0.15, 0.2) is 17.3 Å². The summed E-state index contributed by atoms with van der Waals surface area (Å²) in [7, 11) is -4.53. The van der Waals surface area contributed by atoms with Gasteiger partial charge in [0.2, 0.25) is 15.3 Å². The van der Waals surface area contributed by atoms with E-state index >= 15 is 0 Å². The van der Waals surface area contributed by atoms with E-state index in [4.69, 9.17) is 11.6 Å². The molecule has 1 aromatic rings. The van der Waals surface area contributed by atoms with Crippen LogP contribution in [0.25, 0.3) is 0 Å². The standard InChI is InChI=1S/C8H12ClN3O3S2/c1-16(13)4-2-3-12-17(14,15)7-5-10-8(9)11-6-7/h5-6,12H,2-4H2,1H3. The Morgan fingerprint density at radius 3 is 2.53 bits per heavy atom. The molecule has 0 saturated heterocycles. The van der Waals surface area contributed by atoms with Crippen LogP contribution in [-0.2, 0) is 20.8 Å². The minimum Gasteiger partial charge on any atom is -0.260 e. The van der Waals surface area contributed by atoms with Gasteiger partial charge in [-0.3, -0.25) is 4.21 Å². The van der Waals surface area contributed by atoms with E-state index < -0.39 is 20.8 Å². The molecule has 0 saturated carbocycles. The smallest absolute Gasteiger partial charge is 0.243 e. The highest BCUT2D eigenvalue weighted by molar-refractivity contribution is 7.89. The van der Waals surface area contributed by atoms with E-state index in [0.717, 1.165) is 12.4 Å². The van der Waals surface area contributed by atoms with E-state index in [-0.39, 0.29) is 16.7 Å². The summed E-state index contributed by atoms with van der Waals surface area (Å²) in [6.45, 7) is 0.227. The Morgan fingerprint density at radius 2 is 2.00 bits per heavy atom. The van der Waals surface area contributed by atoms with Crippen molar-refractivity contribution >= 4 is 32.4 Å². The van der Waals surface area contributed by atoms with Gasteiger partial charge in [0.05, 0.1) is 12.4 Å². The highest BCUT2D eigenvalue weighted by Crippen LogP contribution is 2.07. The lowest BCUT2D eigenvalue weighted by Gasteiger charge is -2.05. The fraction of sp³-hybridized carbons (Fsp3) is 0.500. The third kappa shape index (κ3) is 5.07. The molecular formula is C8H12ClN3O3S2. The molecule has 0 aliphatic carbocycles. The van der Waals surface area contributed by atoms with Gasteiger partial charge < -0.3 is 0 Å². The molecule has 0 bridgehead atoms. The molecule has 9 heteroatoms. The summed E-state index contributed by atoms with van der Waals surface area (Å²) in [4.78, 5) is 7.13. The summed E-state index contributed by atoms with van der Waals surface area (Å²) in [5.74, 6) is 0.458. The average Bonchev–Trinajstić information content (AvgIpc) is 2.25. The number of aromatic nitrogens is 2. The fourth-order valence-electron chi connectivity index (χ4n) is 1.00. The summed E-state index contributed by atoms with van der Waals surface area (Å²) in [5.41, 5.74) is 0. The van der Waals surface area contributed by atoms with Crippen LogP contribution < -0.4 is 4.72 Å². The van der Waals surface area contributed by atoms with Gasteiger partial charge in [0.1, 0.15) is 4.90 Å². The number of rotatable bonds is 6. The SMILES string of the molecule is CS(=O)CCCNS(=O)(=O)c1cnc(Cl)nc1.